The molecule has 1 nitrogen and oxygen atoms in total. The molecule has 114 valence electrons. The molecular formula is C16H36ClMgN. The van der Waals surface area contributed by atoms with E-state index in [1.165, 1.54) is 51.4 Å². The van der Waals surface area contributed by atoms with Crippen molar-refractivity contribution in [3.8, 4) is 0 Å². The molecular weight excluding hydrogens is 266 g/mol. The lowest BCUT2D eigenvalue weighted by atomic mass is 9.97. The van der Waals surface area contributed by atoms with Crippen molar-refractivity contribution < 1.29 is 0 Å². The molecule has 0 spiro atoms. The van der Waals surface area contributed by atoms with Crippen LogP contribution in [0.15, 0.2) is 0 Å². The molecule has 0 saturated heterocycles. The number of halogens is 1. The van der Waals surface area contributed by atoms with Crippen LogP contribution in [0.1, 0.15) is 79.1 Å². The lowest BCUT2D eigenvalue weighted by Gasteiger charge is -2.24. The van der Waals surface area contributed by atoms with Gasteiger partial charge in [0, 0.05) is 13.1 Å². The third-order valence-electron chi connectivity index (χ3n) is 4.00. The zero-order valence-electron chi connectivity index (χ0n) is 13.1. The minimum absolute atomic E-state index is 0. The topological polar surface area (TPSA) is 3.24 Å². The van der Waals surface area contributed by atoms with Crippen LogP contribution in [0.2, 0.25) is 0 Å². The van der Waals surface area contributed by atoms with Crippen molar-refractivity contribution in [1.29, 1.82) is 0 Å². The predicted molar refractivity (Wildman–Crippen MR) is 92.6 cm³/mol. The molecule has 0 bridgehead atoms. The van der Waals surface area contributed by atoms with Crippen molar-refractivity contribution >= 4 is 34.8 Å². The Balaban J connectivity index is 0. The SMILES string of the molecule is CCCCC(CC)CN(Cl)CC(CC)CCCC.[MgH2]. The Labute approximate surface area is 143 Å². The summed E-state index contributed by atoms with van der Waals surface area (Å²) in [5, 5.41) is 0. The van der Waals surface area contributed by atoms with Crippen LogP contribution >= 0.6 is 11.8 Å². The first-order chi connectivity index (χ1) is 8.67. The highest BCUT2D eigenvalue weighted by atomic mass is 35.5. The first-order valence-corrected chi connectivity index (χ1v) is 8.42. The Morgan fingerprint density at radius 2 is 1.16 bits per heavy atom. The van der Waals surface area contributed by atoms with Crippen molar-refractivity contribution in [2.45, 2.75) is 79.1 Å². The molecule has 0 amide bonds. The van der Waals surface area contributed by atoms with Gasteiger partial charge in [-0.25, -0.2) is 4.42 Å². The first kappa shape index (κ1) is 22.3. The van der Waals surface area contributed by atoms with E-state index in [4.69, 9.17) is 11.8 Å². The monoisotopic (exact) mass is 301 g/mol. The van der Waals surface area contributed by atoms with Gasteiger partial charge in [0.05, 0.1) is 0 Å². The van der Waals surface area contributed by atoms with Gasteiger partial charge in [0.2, 0.25) is 0 Å². The number of unbranched alkanes of at least 4 members (excludes halogenated alkanes) is 2. The maximum Gasteiger partial charge on any atom is 0.316 e. The van der Waals surface area contributed by atoms with E-state index in [9.17, 15) is 0 Å². The smallest absolute Gasteiger partial charge is 0.220 e. The van der Waals surface area contributed by atoms with Crippen LogP contribution in [0.3, 0.4) is 0 Å². The molecule has 0 aliphatic rings. The first-order valence-electron chi connectivity index (χ1n) is 8.08. The van der Waals surface area contributed by atoms with E-state index in [2.05, 4.69) is 32.1 Å². The highest BCUT2D eigenvalue weighted by molar-refractivity contribution is 6.13. The average Bonchev–Trinajstić information content (AvgIpc) is 2.39. The molecule has 19 heavy (non-hydrogen) atoms. The third-order valence-corrected chi connectivity index (χ3v) is 4.28. The van der Waals surface area contributed by atoms with Crippen LogP contribution in [0.5, 0.6) is 0 Å². The van der Waals surface area contributed by atoms with Crippen molar-refractivity contribution in [2.24, 2.45) is 11.8 Å². The zero-order chi connectivity index (χ0) is 13.8. The minimum atomic E-state index is 0. The fourth-order valence-corrected chi connectivity index (χ4v) is 2.86. The van der Waals surface area contributed by atoms with E-state index in [-0.39, 0.29) is 23.1 Å². The van der Waals surface area contributed by atoms with Crippen molar-refractivity contribution in [3.05, 3.63) is 0 Å². The second-order valence-electron chi connectivity index (χ2n) is 5.66. The normalized spacial score (nSPS) is 14.2. The van der Waals surface area contributed by atoms with Crippen LogP contribution in [0.25, 0.3) is 0 Å². The molecule has 3 heteroatoms. The van der Waals surface area contributed by atoms with Crippen LogP contribution in [-0.4, -0.2) is 40.6 Å². The van der Waals surface area contributed by atoms with Crippen LogP contribution in [-0.2, 0) is 0 Å². The quantitative estimate of drug-likeness (QED) is 0.364. The van der Waals surface area contributed by atoms with Gasteiger partial charge in [-0.05, 0) is 36.5 Å². The second-order valence-corrected chi connectivity index (χ2v) is 6.14. The van der Waals surface area contributed by atoms with Gasteiger partial charge in [-0.15, -0.1) is 0 Å². The van der Waals surface area contributed by atoms with E-state index in [0.29, 0.717) is 0 Å². The van der Waals surface area contributed by atoms with E-state index in [1.807, 2.05) is 0 Å². The van der Waals surface area contributed by atoms with Crippen LogP contribution in [0.4, 0.5) is 0 Å². The Morgan fingerprint density at radius 3 is 1.42 bits per heavy atom. The summed E-state index contributed by atoms with van der Waals surface area (Å²) in [5.74, 6) is 1.57. The van der Waals surface area contributed by atoms with Crippen molar-refractivity contribution in [1.82, 2.24) is 4.42 Å². The lowest BCUT2D eigenvalue weighted by Crippen LogP contribution is -2.26. The molecule has 0 fully saturated rings. The molecule has 0 rings (SSSR count). The van der Waals surface area contributed by atoms with Crippen LogP contribution < -0.4 is 0 Å². The Bertz CT molecular complexity index is 160. The summed E-state index contributed by atoms with van der Waals surface area (Å²) >= 11 is 6.42. The molecule has 0 saturated carbocycles. The van der Waals surface area contributed by atoms with Gasteiger partial charge in [0.25, 0.3) is 0 Å². The molecule has 2 atom stereocenters. The number of hydrogen-bond acceptors (Lipinski definition) is 1. The Hall–Kier alpha value is 1.02. The highest BCUT2D eigenvalue weighted by Gasteiger charge is 2.14. The summed E-state index contributed by atoms with van der Waals surface area (Å²) < 4.78 is 2.06. The summed E-state index contributed by atoms with van der Waals surface area (Å²) in [6, 6.07) is 0. The summed E-state index contributed by atoms with van der Waals surface area (Å²) in [4.78, 5) is 0. The van der Waals surface area contributed by atoms with Gasteiger partial charge in [-0.1, -0.05) is 66.2 Å². The number of rotatable bonds is 12. The predicted octanol–water partition coefficient (Wildman–Crippen LogP) is 4.96. The van der Waals surface area contributed by atoms with E-state index in [1.54, 1.807) is 0 Å². The number of hydrogen-bond donors (Lipinski definition) is 0. The molecule has 0 aromatic carbocycles. The van der Waals surface area contributed by atoms with Gasteiger partial charge in [0.15, 0.2) is 0 Å². The van der Waals surface area contributed by atoms with Crippen LogP contribution in [0, 0.1) is 11.8 Å². The van der Waals surface area contributed by atoms with Gasteiger partial charge < -0.3 is 0 Å². The fraction of sp³-hybridized carbons (Fsp3) is 1.00. The molecule has 0 N–H and O–H groups in total. The van der Waals surface area contributed by atoms with Gasteiger partial charge in [-0.2, -0.15) is 0 Å². The van der Waals surface area contributed by atoms with Gasteiger partial charge in [-0.3, -0.25) is 0 Å². The van der Waals surface area contributed by atoms with E-state index < -0.39 is 0 Å². The lowest BCUT2D eigenvalue weighted by molar-refractivity contribution is 0.280. The van der Waals surface area contributed by atoms with Crippen molar-refractivity contribution in [2.75, 3.05) is 13.1 Å². The zero-order valence-corrected chi connectivity index (χ0v) is 13.8. The third kappa shape index (κ3) is 12.5. The van der Waals surface area contributed by atoms with E-state index >= 15 is 0 Å². The standard InChI is InChI=1S/C16H34ClN.Mg.2H/c1-5-9-11-15(7-3)13-18(17)14-16(8-4)12-10-6-2;;;/h15-16H,5-14H2,1-4H3;;;. The summed E-state index contributed by atoms with van der Waals surface area (Å²) in [7, 11) is 0. The molecule has 0 heterocycles. The Morgan fingerprint density at radius 1 is 0.789 bits per heavy atom. The molecule has 2 unspecified atom stereocenters. The molecule has 0 aliphatic heterocycles. The maximum atomic E-state index is 6.42. The molecule has 0 aromatic rings. The largest absolute Gasteiger partial charge is 0.316 e. The van der Waals surface area contributed by atoms with Crippen molar-refractivity contribution in [3.63, 3.8) is 0 Å². The van der Waals surface area contributed by atoms with Gasteiger partial charge in [0.1, 0.15) is 0 Å². The highest BCUT2D eigenvalue weighted by Crippen LogP contribution is 2.19. The van der Waals surface area contributed by atoms with Gasteiger partial charge >= 0.3 is 23.1 Å². The second kappa shape index (κ2) is 15.4. The summed E-state index contributed by atoms with van der Waals surface area (Å²) in [6.45, 7) is 11.3. The number of nitrogens with zero attached hydrogens (tertiary/aromatic N) is 1. The van der Waals surface area contributed by atoms with E-state index in [0.717, 1.165) is 24.9 Å². The minimum Gasteiger partial charge on any atom is -0.220 e. The fourth-order valence-electron chi connectivity index (χ4n) is 2.47. The maximum absolute atomic E-state index is 6.42. The molecule has 0 radical (unpaired) electrons. The Kier molecular flexibility index (Phi) is 18.1. The summed E-state index contributed by atoms with van der Waals surface area (Å²) in [5.41, 5.74) is 0. The molecule has 0 aromatic heterocycles. The molecule has 0 aliphatic carbocycles. The average molecular weight is 302 g/mol. The summed E-state index contributed by atoms with van der Waals surface area (Å²) in [6.07, 6.45) is 10.5.